The Bertz CT molecular complexity index is 1970. The molecule has 6 rings (SSSR count). The second-order valence-electron chi connectivity index (χ2n) is 13.4. The van der Waals surface area contributed by atoms with Gasteiger partial charge in [0, 0.05) is 19.0 Å². The number of imidazole rings is 1. The largest absolute Gasteiger partial charge is 0.467 e. The van der Waals surface area contributed by atoms with Crippen molar-refractivity contribution in [3.63, 3.8) is 0 Å². The number of aryl methyl sites for hydroxylation is 2. The van der Waals surface area contributed by atoms with Crippen molar-refractivity contribution in [3.8, 4) is 0 Å². The van der Waals surface area contributed by atoms with Gasteiger partial charge < -0.3 is 19.9 Å². The van der Waals surface area contributed by atoms with Crippen LogP contribution in [0.1, 0.15) is 52.8 Å². The SMILES string of the molecule is COC(=O)C(CCCc1cn(C(c2ccccc2)(c2ccccc2)c2ccccc2)cn1)NC(=O)C(Cc1ccccc1)NC(=O)CCc1ccccc1. The monoisotopic (exact) mass is 718 g/mol. The molecule has 0 radical (unpaired) electrons. The lowest BCUT2D eigenvalue weighted by Crippen LogP contribution is -2.52. The number of carbonyl (C=O) groups is 3. The maximum atomic E-state index is 13.8. The van der Waals surface area contributed by atoms with Crippen molar-refractivity contribution in [3.05, 3.63) is 198 Å². The number of nitrogens with zero attached hydrogens (tertiary/aromatic N) is 2. The Morgan fingerprint density at radius 1 is 0.648 bits per heavy atom. The van der Waals surface area contributed by atoms with Crippen molar-refractivity contribution in [2.75, 3.05) is 7.11 Å². The van der Waals surface area contributed by atoms with Crippen molar-refractivity contribution in [1.82, 2.24) is 20.2 Å². The van der Waals surface area contributed by atoms with Gasteiger partial charge in [-0.1, -0.05) is 152 Å². The zero-order valence-corrected chi connectivity index (χ0v) is 30.5. The maximum absolute atomic E-state index is 13.8. The molecule has 2 unspecified atom stereocenters. The van der Waals surface area contributed by atoms with Crippen LogP contribution in [0.5, 0.6) is 0 Å². The molecule has 0 bridgehead atoms. The van der Waals surface area contributed by atoms with E-state index >= 15 is 0 Å². The van der Waals surface area contributed by atoms with Gasteiger partial charge in [0.2, 0.25) is 11.8 Å². The van der Waals surface area contributed by atoms with Crippen LogP contribution in [0.2, 0.25) is 0 Å². The highest BCUT2D eigenvalue weighted by Gasteiger charge is 2.38. The molecule has 0 saturated carbocycles. The van der Waals surface area contributed by atoms with E-state index in [9.17, 15) is 14.4 Å². The van der Waals surface area contributed by atoms with Gasteiger partial charge in [0.05, 0.1) is 19.1 Å². The summed E-state index contributed by atoms with van der Waals surface area (Å²) >= 11 is 0. The minimum atomic E-state index is -0.902. The van der Waals surface area contributed by atoms with Crippen LogP contribution >= 0.6 is 0 Å². The highest BCUT2D eigenvalue weighted by Crippen LogP contribution is 2.40. The zero-order valence-electron chi connectivity index (χ0n) is 30.5. The van der Waals surface area contributed by atoms with E-state index in [2.05, 4.69) is 94.2 Å². The summed E-state index contributed by atoms with van der Waals surface area (Å²) < 4.78 is 7.28. The predicted octanol–water partition coefficient (Wildman–Crippen LogP) is 7.06. The van der Waals surface area contributed by atoms with Gasteiger partial charge in [0.1, 0.15) is 17.6 Å². The van der Waals surface area contributed by atoms with Gasteiger partial charge in [-0.05, 0) is 53.5 Å². The Labute approximate surface area is 317 Å². The highest BCUT2D eigenvalue weighted by molar-refractivity contribution is 5.91. The van der Waals surface area contributed by atoms with E-state index < -0.39 is 29.5 Å². The van der Waals surface area contributed by atoms with Crippen LogP contribution in [0.3, 0.4) is 0 Å². The van der Waals surface area contributed by atoms with Crippen molar-refractivity contribution in [2.24, 2.45) is 0 Å². The quantitative estimate of drug-likeness (QED) is 0.0777. The molecule has 2 amide bonds. The normalized spacial score (nSPS) is 12.3. The number of benzene rings is 5. The molecular weight excluding hydrogens is 673 g/mol. The molecule has 0 aliphatic rings. The molecule has 54 heavy (non-hydrogen) atoms. The predicted molar refractivity (Wildman–Crippen MR) is 211 cm³/mol. The first kappa shape index (κ1) is 37.5. The van der Waals surface area contributed by atoms with Gasteiger partial charge in [-0.15, -0.1) is 0 Å². The molecule has 0 aliphatic carbocycles. The number of hydrogen-bond acceptors (Lipinski definition) is 5. The summed E-state index contributed by atoms with van der Waals surface area (Å²) in [5.74, 6) is -1.22. The van der Waals surface area contributed by atoms with E-state index in [0.717, 1.165) is 33.5 Å². The Morgan fingerprint density at radius 2 is 1.15 bits per heavy atom. The molecule has 2 atom stereocenters. The smallest absolute Gasteiger partial charge is 0.328 e. The molecule has 0 fully saturated rings. The van der Waals surface area contributed by atoms with E-state index in [1.54, 1.807) is 0 Å². The third kappa shape index (κ3) is 9.19. The lowest BCUT2D eigenvalue weighted by atomic mass is 9.77. The van der Waals surface area contributed by atoms with E-state index in [-0.39, 0.29) is 18.7 Å². The summed E-state index contributed by atoms with van der Waals surface area (Å²) in [6, 6.07) is 48.7. The van der Waals surface area contributed by atoms with Crippen molar-refractivity contribution >= 4 is 17.8 Å². The maximum Gasteiger partial charge on any atom is 0.328 e. The number of esters is 1. The Morgan fingerprint density at radius 3 is 1.67 bits per heavy atom. The van der Waals surface area contributed by atoms with E-state index in [1.165, 1.54) is 7.11 Å². The average Bonchev–Trinajstić information content (AvgIpc) is 3.70. The summed E-state index contributed by atoms with van der Waals surface area (Å²) in [5, 5.41) is 5.81. The van der Waals surface area contributed by atoms with Gasteiger partial charge in [0.25, 0.3) is 0 Å². The summed E-state index contributed by atoms with van der Waals surface area (Å²) in [5.41, 5.74) is 5.38. The minimum absolute atomic E-state index is 0.232. The first-order valence-corrected chi connectivity index (χ1v) is 18.4. The fourth-order valence-corrected chi connectivity index (χ4v) is 7.04. The van der Waals surface area contributed by atoms with Crippen LogP contribution < -0.4 is 10.6 Å². The first-order chi connectivity index (χ1) is 26.5. The fraction of sp³-hybridized carbons (Fsp3) is 0.217. The molecule has 274 valence electrons. The van der Waals surface area contributed by atoms with Crippen LogP contribution in [-0.2, 0) is 43.9 Å². The third-order valence-corrected chi connectivity index (χ3v) is 9.74. The third-order valence-electron chi connectivity index (χ3n) is 9.74. The Hall–Kier alpha value is -6.28. The topological polar surface area (TPSA) is 102 Å². The number of hydrogen-bond donors (Lipinski definition) is 2. The molecule has 2 N–H and O–H groups in total. The Balaban J connectivity index is 1.18. The second-order valence-corrected chi connectivity index (χ2v) is 13.4. The molecule has 0 spiro atoms. The molecule has 6 aromatic rings. The fourth-order valence-electron chi connectivity index (χ4n) is 7.04. The number of rotatable bonds is 17. The molecule has 5 aromatic carbocycles. The lowest BCUT2D eigenvalue weighted by molar-refractivity contribution is -0.145. The molecular formula is C46H46N4O4. The van der Waals surface area contributed by atoms with E-state index in [0.29, 0.717) is 25.7 Å². The molecule has 1 heterocycles. The second kappa shape index (κ2) is 18.5. The summed E-state index contributed by atoms with van der Waals surface area (Å²) in [4.78, 5) is 44.7. The Kier molecular flexibility index (Phi) is 12.8. The van der Waals surface area contributed by atoms with Crippen molar-refractivity contribution < 1.29 is 19.1 Å². The van der Waals surface area contributed by atoms with Crippen LogP contribution in [-0.4, -0.2) is 46.5 Å². The summed E-state index contributed by atoms with van der Waals surface area (Å²) in [6.45, 7) is 0. The van der Waals surface area contributed by atoms with Crippen molar-refractivity contribution in [2.45, 2.75) is 56.1 Å². The number of aromatic nitrogens is 2. The van der Waals surface area contributed by atoms with Gasteiger partial charge in [-0.25, -0.2) is 9.78 Å². The van der Waals surface area contributed by atoms with E-state index in [4.69, 9.17) is 9.72 Å². The van der Waals surface area contributed by atoms with E-state index in [1.807, 2.05) is 85.2 Å². The molecule has 8 heteroatoms. The van der Waals surface area contributed by atoms with Gasteiger partial charge in [-0.3, -0.25) is 9.59 Å². The van der Waals surface area contributed by atoms with Gasteiger partial charge in [0.15, 0.2) is 0 Å². The number of methoxy groups -OCH3 is 1. The number of carbonyl (C=O) groups excluding carboxylic acids is 3. The standard InChI is InChI=1S/C46H46N4O4/c1-54-45(53)41(49-44(52)42(32-36-20-9-3-10-21-36)48-43(51)31-30-35-18-7-2-8-19-35)29-17-28-40-33-50(34-47-40)46(37-22-11-4-12-23-37,38-24-13-5-14-25-38)39-26-15-6-16-27-39/h2-16,18-27,33-34,41-42H,17,28-32H2,1H3,(H,48,51)(H,49,52). The van der Waals surface area contributed by atoms with Crippen LogP contribution in [0.15, 0.2) is 164 Å². The number of nitrogens with one attached hydrogen (secondary N) is 2. The van der Waals surface area contributed by atoms with Gasteiger partial charge in [-0.2, -0.15) is 0 Å². The van der Waals surface area contributed by atoms with Crippen molar-refractivity contribution in [1.29, 1.82) is 0 Å². The first-order valence-electron chi connectivity index (χ1n) is 18.4. The van der Waals surface area contributed by atoms with Gasteiger partial charge >= 0.3 is 5.97 Å². The lowest BCUT2D eigenvalue weighted by Gasteiger charge is -2.37. The van der Waals surface area contributed by atoms with Crippen LogP contribution in [0, 0.1) is 0 Å². The van der Waals surface area contributed by atoms with Crippen LogP contribution in [0.25, 0.3) is 0 Å². The van der Waals surface area contributed by atoms with Crippen LogP contribution in [0.4, 0.5) is 0 Å². The number of ether oxygens (including phenoxy) is 1. The number of amides is 2. The molecule has 0 saturated heterocycles. The summed E-state index contributed by atoms with van der Waals surface area (Å²) in [7, 11) is 1.31. The summed E-state index contributed by atoms with van der Waals surface area (Å²) in [6.07, 6.45) is 6.45. The average molecular weight is 719 g/mol. The highest BCUT2D eigenvalue weighted by atomic mass is 16.5. The zero-order chi connectivity index (χ0) is 37.6. The molecule has 8 nitrogen and oxygen atoms in total. The molecule has 1 aromatic heterocycles. The minimum Gasteiger partial charge on any atom is -0.467 e. The molecule has 0 aliphatic heterocycles.